The lowest BCUT2D eigenvalue weighted by molar-refractivity contribution is 0.114. The van der Waals surface area contributed by atoms with Gasteiger partial charge < -0.3 is 14.7 Å². The maximum atomic E-state index is 9.63. The van der Waals surface area contributed by atoms with Crippen LogP contribution in [-0.4, -0.2) is 37.8 Å². The van der Waals surface area contributed by atoms with Crippen LogP contribution in [0.2, 0.25) is 0 Å². The fourth-order valence-corrected chi connectivity index (χ4v) is 2.73. The molecule has 0 amide bonds. The van der Waals surface area contributed by atoms with E-state index in [2.05, 4.69) is 25.1 Å². The van der Waals surface area contributed by atoms with Gasteiger partial charge in [-0.3, -0.25) is 0 Å². The molecule has 1 aromatic carbocycles. The number of aliphatic hydroxyl groups excluding tert-OH is 1. The molecule has 3 heteroatoms. The summed E-state index contributed by atoms with van der Waals surface area (Å²) in [6, 6.07) is 8.32. The number of nitrogens with zero attached hydrogens (tertiary/aromatic N) is 1. The van der Waals surface area contributed by atoms with Gasteiger partial charge >= 0.3 is 0 Å². The predicted molar refractivity (Wildman–Crippen MR) is 68.2 cm³/mol. The van der Waals surface area contributed by atoms with Crippen molar-refractivity contribution < 1.29 is 9.84 Å². The van der Waals surface area contributed by atoms with Crippen LogP contribution in [-0.2, 0) is 0 Å². The quantitative estimate of drug-likeness (QED) is 0.848. The Hall–Kier alpha value is -1.06. The molecule has 1 N–H and O–H groups in total. The number of hydrogen-bond acceptors (Lipinski definition) is 3. The molecular weight excluding hydrogens is 214 g/mol. The first kappa shape index (κ1) is 12.4. The summed E-state index contributed by atoms with van der Waals surface area (Å²) in [4.78, 5) is 2.18. The zero-order chi connectivity index (χ0) is 12.5. The highest BCUT2D eigenvalue weighted by molar-refractivity contribution is 5.38. The van der Waals surface area contributed by atoms with E-state index in [4.69, 9.17) is 4.74 Å². The molecule has 0 aromatic heterocycles. The fraction of sp³-hybridized carbons (Fsp3) is 0.571. The second kappa shape index (κ2) is 4.67. The van der Waals surface area contributed by atoms with E-state index in [0.29, 0.717) is 0 Å². The van der Waals surface area contributed by atoms with Crippen LogP contribution in [0.15, 0.2) is 24.3 Å². The number of para-hydroxylation sites is 1. The molecule has 17 heavy (non-hydrogen) atoms. The predicted octanol–water partition coefficient (Wildman–Crippen LogP) is 2.07. The summed E-state index contributed by atoms with van der Waals surface area (Å²) in [5.74, 6) is 0.908. The van der Waals surface area contributed by atoms with Crippen LogP contribution >= 0.6 is 0 Å². The summed E-state index contributed by atoms with van der Waals surface area (Å²) >= 11 is 0. The normalized spacial score (nSPS) is 19.1. The van der Waals surface area contributed by atoms with Gasteiger partial charge in [0.2, 0.25) is 0 Å². The molecule has 94 valence electrons. The number of rotatable bonds is 5. The SMILES string of the molecule is COc1ccccc1C(N(C)C)C1(CO)CC1. The van der Waals surface area contributed by atoms with Crippen LogP contribution in [0.25, 0.3) is 0 Å². The van der Waals surface area contributed by atoms with E-state index in [0.717, 1.165) is 18.6 Å². The van der Waals surface area contributed by atoms with Crippen LogP contribution in [0, 0.1) is 5.41 Å². The van der Waals surface area contributed by atoms with Gasteiger partial charge in [0.15, 0.2) is 0 Å². The van der Waals surface area contributed by atoms with Gasteiger partial charge in [-0.05, 0) is 33.0 Å². The van der Waals surface area contributed by atoms with Gasteiger partial charge in [-0.15, -0.1) is 0 Å². The summed E-state index contributed by atoms with van der Waals surface area (Å²) in [6.07, 6.45) is 2.18. The van der Waals surface area contributed by atoms with E-state index in [1.54, 1.807) is 7.11 Å². The summed E-state index contributed by atoms with van der Waals surface area (Å²) in [5, 5.41) is 9.63. The number of hydrogen-bond donors (Lipinski definition) is 1. The Bertz CT molecular complexity index is 386. The smallest absolute Gasteiger partial charge is 0.123 e. The van der Waals surface area contributed by atoms with E-state index in [1.807, 2.05) is 18.2 Å². The zero-order valence-corrected chi connectivity index (χ0v) is 10.8. The monoisotopic (exact) mass is 235 g/mol. The molecule has 1 fully saturated rings. The molecule has 2 rings (SSSR count). The van der Waals surface area contributed by atoms with E-state index in [-0.39, 0.29) is 18.1 Å². The van der Waals surface area contributed by atoms with Gasteiger partial charge in [0, 0.05) is 17.0 Å². The maximum Gasteiger partial charge on any atom is 0.123 e. The third-order valence-electron chi connectivity index (χ3n) is 3.74. The van der Waals surface area contributed by atoms with Crippen LogP contribution < -0.4 is 4.74 Å². The molecule has 1 aliphatic carbocycles. The number of aliphatic hydroxyl groups is 1. The average molecular weight is 235 g/mol. The lowest BCUT2D eigenvalue weighted by Crippen LogP contribution is -2.31. The summed E-state index contributed by atoms with van der Waals surface area (Å²) in [6.45, 7) is 0.244. The Morgan fingerprint density at radius 1 is 1.35 bits per heavy atom. The molecule has 1 saturated carbocycles. The molecule has 0 bridgehead atoms. The van der Waals surface area contributed by atoms with Crippen LogP contribution in [0.1, 0.15) is 24.4 Å². The van der Waals surface area contributed by atoms with Crippen molar-refractivity contribution in [1.29, 1.82) is 0 Å². The molecule has 1 unspecified atom stereocenters. The molecule has 0 heterocycles. The van der Waals surface area contributed by atoms with Gasteiger partial charge in [-0.1, -0.05) is 18.2 Å². The van der Waals surface area contributed by atoms with Crippen LogP contribution in [0.4, 0.5) is 0 Å². The van der Waals surface area contributed by atoms with Crippen molar-refractivity contribution in [2.75, 3.05) is 27.8 Å². The summed E-state index contributed by atoms with van der Waals surface area (Å²) in [7, 11) is 5.82. The van der Waals surface area contributed by atoms with Gasteiger partial charge in [0.25, 0.3) is 0 Å². The first-order chi connectivity index (χ1) is 8.14. The molecule has 0 spiro atoms. The zero-order valence-electron chi connectivity index (χ0n) is 10.8. The average Bonchev–Trinajstić information content (AvgIpc) is 3.10. The Balaban J connectivity index is 2.40. The molecule has 3 nitrogen and oxygen atoms in total. The highest BCUT2D eigenvalue weighted by Gasteiger charge is 2.51. The van der Waals surface area contributed by atoms with E-state index in [9.17, 15) is 5.11 Å². The molecule has 1 atom stereocenters. The second-order valence-electron chi connectivity index (χ2n) is 5.13. The lowest BCUT2D eigenvalue weighted by atomic mass is 9.89. The topological polar surface area (TPSA) is 32.7 Å². The standard InChI is InChI=1S/C14H21NO2/c1-15(2)13(14(10-16)8-9-14)11-6-4-5-7-12(11)17-3/h4-7,13,16H,8-10H2,1-3H3. The minimum Gasteiger partial charge on any atom is -0.496 e. The molecule has 1 aliphatic rings. The van der Waals surface area contributed by atoms with E-state index >= 15 is 0 Å². The molecule has 1 aromatic rings. The highest BCUT2D eigenvalue weighted by Crippen LogP contribution is 2.57. The third kappa shape index (κ3) is 2.17. The fourth-order valence-electron chi connectivity index (χ4n) is 2.73. The van der Waals surface area contributed by atoms with Gasteiger partial charge in [0.05, 0.1) is 13.7 Å². The third-order valence-corrected chi connectivity index (χ3v) is 3.74. The first-order valence-electron chi connectivity index (χ1n) is 6.05. The molecule has 0 aliphatic heterocycles. The summed E-state index contributed by atoms with van der Waals surface area (Å²) < 4.78 is 5.44. The van der Waals surface area contributed by atoms with Crippen molar-refractivity contribution >= 4 is 0 Å². The molecule has 0 saturated heterocycles. The second-order valence-corrected chi connectivity index (χ2v) is 5.13. The van der Waals surface area contributed by atoms with E-state index in [1.165, 1.54) is 5.56 Å². The van der Waals surface area contributed by atoms with Crippen LogP contribution in [0.5, 0.6) is 5.75 Å². The van der Waals surface area contributed by atoms with Gasteiger partial charge in [-0.2, -0.15) is 0 Å². The number of methoxy groups -OCH3 is 1. The summed E-state index contributed by atoms with van der Waals surface area (Å²) in [5.41, 5.74) is 1.20. The van der Waals surface area contributed by atoms with Crippen molar-refractivity contribution in [1.82, 2.24) is 4.90 Å². The first-order valence-corrected chi connectivity index (χ1v) is 6.05. The molecule has 0 radical (unpaired) electrons. The minimum atomic E-state index is 0.0259. The largest absolute Gasteiger partial charge is 0.496 e. The van der Waals surface area contributed by atoms with Crippen molar-refractivity contribution in [3.05, 3.63) is 29.8 Å². The van der Waals surface area contributed by atoms with E-state index < -0.39 is 0 Å². The number of benzene rings is 1. The van der Waals surface area contributed by atoms with Gasteiger partial charge in [-0.25, -0.2) is 0 Å². The van der Waals surface area contributed by atoms with Crippen molar-refractivity contribution in [3.8, 4) is 5.75 Å². The van der Waals surface area contributed by atoms with Gasteiger partial charge in [0.1, 0.15) is 5.75 Å². The van der Waals surface area contributed by atoms with Crippen molar-refractivity contribution in [3.63, 3.8) is 0 Å². The van der Waals surface area contributed by atoms with Crippen molar-refractivity contribution in [2.45, 2.75) is 18.9 Å². The maximum absolute atomic E-state index is 9.63. The molecular formula is C14H21NO2. The van der Waals surface area contributed by atoms with Crippen LogP contribution in [0.3, 0.4) is 0 Å². The van der Waals surface area contributed by atoms with Crippen molar-refractivity contribution in [2.24, 2.45) is 5.41 Å². The number of ether oxygens (including phenoxy) is 1. The Morgan fingerprint density at radius 3 is 2.47 bits per heavy atom. The lowest BCUT2D eigenvalue weighted by Gasteiger charge is -2.32. The minimum absolute atomic E-state index is 0.0259. The Morgan fingerprint density at radius 2 is 2.00 bits per heavy atom. The Kier molecular flexibility index (Phi) is 3.40. The Labute approximate surface area is 103 Å². The highest BCUT2D eigenvalue weighted by atomic mass is 16.5.